The molecule has 6 nitrogen and oxygen atoms in total. The first-order valence-electron chi connectivity index (χ1n) is 8.56. The fourth-order valence-electron chi connectivity index (χ4n) is 2.88. The van der Waals surface area contributed by atoms with Crippen molar-refractivity contribution in [1.82, 2.24) is 19.2 Å². The maximum atomic E-state index is 12.7. The zero-order valence-corrected chi connectivity index (χ0v) is 15.5. The highest BCUT2D eigenvalue weighted by atomic mass is 32.2. The lowest BCUT2D eigenvalue weighted by molar-refractivity contribution is 0.179. The average molecular weight is 360 g/mol. The van der Waals surface area contributed by atoms with Gasteiger partial charge in [-0.05, 0) is 18.2 Å². The van der Waals surface area contributed by atoms with Gasteiger partial charge >= 0.3 is 0 Å². The van der Waals surface area contributed by atoms with Gasteiger partial charge in [0, 0.05) is 44.8 Å². The first-order valence-corrected chi connectivity index (χ1v) is 10.00. The molecule has 1 aromatic carbocycles. The molecule has 2 heterocycles. The molecule has 0 N–H and O–H groups in total. The van der Waals surface area contributed by atoms with Crippen molar-refractivity contribution in [2.75, 3.05) is 26.2 Å². The molecular weight excluding hydrogens is 336 g/mol. The molecule has 25 heavy (non-hydrogen) atoms. The van der Waals surface area contributed by atoms with Gasteiger partial charge in [-0.1, -0.05) is 32.0 Å². The first kappa shape index (κ1) is 18.0. The van der Waals surface area contributed by atoms with Crippen LogP contribution in [0, 0.1) is 0 Å². The van der Waals surface area contributed by atoms with E-state index in [0.717, 1.165) is 18.1 Å². The van der Waals surface area contributed by atoms with Gasteiger partial charge < -0.3 is 0 Å². The van der Waals surface area contributed by atoms with Crippen molar-refractivity contribution < 1.29 is 8.42 Å². The molecule has 0 unspecified atom stereocenters. The third-order valence-electron chi connectivity index (χ3n) is 4.35. The van der Waals surface area contributed by atoms with Crippen LogP contribution >= 0.6 is 0 Å². The normalized spacial score (nSPS) is 17.1. The van der Waals surface area contributed by atoms with E-state index >= 15 is 0 Å². The van der Waals surface area contributed by atoms with Gasteiger partial charge in [-0.25, -0.2) is 18.4 Å². The highest BCUT2D eigenvalue weighted by Crippen LogP contribution is 2.18. The van der Waals surface area contributed by atoms with Crippen molar-refractivity contribution in [1.29, 1.82) is 0 Å². The summed E-state index contributed by atoms with van der Waals surface area (Å²) in [5, 5.41) is 0. The van der Waals surface area contributed by atoms with Gasteiger partial charge in [0.25, 0.3) is 0 Å². The van der Waals surface area contributed by atoms with Crippen LogP contribution < -0.4 is 0 Å². The number of sulfonamides is 1. The smallest absolute Gasteiger partial charge is 0.243 e. The van der Waals surface area contributed by atoms with E-state index in [0.29, 0.717) is 37.0 Å². The van der Waals surface area contributed by atoms with Crippen molar-refractivity contribution in [3.05, 3.63) is 54.1 Å². The van der Waals surface area contributed by atoms with E-state index in [1.807, 2.05) is 12.1 Å². The Kier molecular flexibility index (Phi) is 5.46. The maximum Gasteiger partial charge on any atom is 0.243 e. The number of benzene rings is 1. The molecule has 0 radical (unpaired) electrons. The molecule has 1 aliphatic heterocycles. The third-order valence-corrected chi connectivity index (χ3v) is 6.26. The molecule has 134 valence electrons. The molecule has 2 aromatic rings. The van der Waals surface area contributed by atoms with Crippen LogP contribution in [0.25, 0.3) is 0 Å². The Hall–Kier alpha value is -1.83. The van der Waals surface area contributed by atoms with Crippen LogP contribution in [-0.4, -0.2) is 53.8 Å². The molecule has 7 heteroatoms. The Morgan fingerprint density at radius 2 is 1.72 bits per heavy atom. The van der Waals surface area contributed by atoms with Crippen LogP contribution in [0.15, 0.2) is 47.5 Å². The summed E-state index contributed by atoms with van der Waals surface area (Å²) in [5.41, 5.74) is 0.984. The van der Waals surface area contributed by atoms with Crippen LogP contribution in [-0.2, 0) is 16.6 Å². The number of hydrogen-bond acceptors (Lipinski definition) is 5. The van der Waals surface area contributed by atoms with Crippen molar-refractivity contribution in [3.63, 3.8) is 0 Å². The second kappa shape index (κ2) is 7.59. The second-order valence-corrected chi connectivity index (χ2v) is 8.49. The summed E-state index contributed by atoms with van der Waals surface area (Å²) in [6.07, 6.45) is 1.80. The molecule has 0 atom stereocenters. The van der Waals surface area contributed by atoms with E-state index in [4.69, 9.17) is 0 Å². The number of aromatic nitrogens is 2. The van der Waals surface area contributed by atoms with Gasteiger partial charge in [0.15, 0.2) is 0 Å². The van der Waals surface area contributed by atoms with Crippen molar-refractivity contribution >= 4 is 10.0 Å². The van der Waals surface area contributed by atoms with Crippen molar-refractivity contribution in [3.8, 4) is 0 Å². The Labute approximate surface area is 149 Å². The average Bonchev–Trinajstić information content (AvgIpc) is 2.63. The quantitative estimate of drug-likeness (QED) is 0.817. The van der Waals surface area contributed by atoms with Crippen LogP contribution in [0.1, 0.15) is 31.3 Å². The molecule has 3 rings (SSSR count). The highest BCUT2D eigenvalue weighted by Gasteiger charge is 2.28. The molecule has 1 saturated heterocycles. The van der Waals surface area contributed by atoms with Gasteiger partial charge in [-0.15, -0.1) is 0 Å². The van der Waals surface area contributed by atoms with Gasteiger partial charge in [0.1, 0.15) is 5.82 Å². The van der Waals surface area contributed by atoms with E-state index in [2.05, 4.69) is 28.7 Å². The zero-order valence-electron chi connectivity index (χ0n) is 14.7. The summed E-state index contributed by atoms with van der Waals surface area (Å²) < 4.78 is 26.9. The van der Waals surface area contributed by atoms with Crippen molar-refractivity contribution in [2.24, 2.45) is 0 Å². The Balaban J connectivity index is 1.62. The lowest BCUT2D eigenvalue weighted by Crippen LogP contribution is -2.48. The molecule has 1 aliphatic rings. The summed E-state index contributed by atoms with van der Waals surface area (Å²) >= 11 is 0. The SMILES string of the molecule is CC(C)c1nccc(CN2CCN(S(=O)(=O)c3ccccc3)CC2)n1. The predicted octanol–water partition coefficient (Wildman–Crippen LogP) is 2.11. The van der Waals surface area contributed by atoms with E-state index in [1.165, 1.54) is 0 Å². The second-order valence-electron chi connectivity index (χ2n) is 6.55. The molecule has 1 aromatic heterocycles. The minimum Gasteiger partial charge on any atom is -0.295 e. The van der Waals surface area contributed by atoms with E-state index in [-0.39, 0.29) is 0 Å². The standard InChI is InChI=1S/C18H24N4O2S/c1-15(2)18-19-9-8-16(20-18)14-21-10-12-22(13-11-21)25(23,24)17-6-4-3-5-7-17/h3-9,15H,10-14H2,1-2H3. The number of nitrogens with zero attached hydrogens (tertiary/aromatic N) is 4. The summed E-state index contributed by atoms with van der Waals surface area (Å²) in [4.78, 5) is 11.5. The molecular formula is C18H24N4O2S. The zero-order chi connectivity index (χ0) is 17.9. The lowest BCUT2D eigenvalue weighted by atomic mass is 10.2. The lowest BCUT2D eigenvalue weighted by Gasteiger charge is -2.33. The number of hydrogen-bond donors (Lipinski definition) is 0. The molecule has 0 bridgehead atoms. The summed E-state index contributed by atoms with van der Waals surface area (Å²) in [6, 6.07) is 10.6. The first-order chi connectivity index (χ1) is 12.0. The summed E-state index contributed by atoms with van der Waals surface area (Å²) in [6.45, 7) is 7.28. The number of piperazine rings is 1. The van der Waals surface area contributed by atoms with E-state index < -0.39 is 10.0 Å². The minimum absolute atomic E-state index is 0.299. The Morgan fingerprint density at radius 3 is 2.36 bits per heavy atom. The van der Waals surface area contributed by atoms with Crippen LogP contribution in [0.4, 0.5) is 0 Å². The van der Waals surface area contributed by atoms with Crippen LogP contribution in [0.2, 0.25) is 0 Å². The van der Waals surface area contributed by atoms with E-state index in [1.54, 1.807) is 34.8 Å². The Morgan fingerprint density at radius 1 is 1.04 bits per heavy atom. The van der Waals surface area contributed by atoms with Gasteiger partial charge in [-0.3, -0.25) is 4.90 Å². The molecule has 0 spiro atoms. The summed E-state index contributed by atoms with van der Waals surface area (Å²) in [5.74, 6) is 1.15. The van der Waals surface area contributed by atoms with Crippen LogP contribution in [0.5, 0.6) is 0 Å². The molecule has 0 aliphatic carbocycles. The third kappa shape index (κ3) is 4.23. The van der Waals surface area contributed by atoms with E-state index in [9.17, 15) is 8.42 Å². The Bertz CT molecular complexity index is 801. The van der Waals surface area contributed by atoms with Gasteiger partial charge in [0.2, 0.25) is 10.0 Å². The maximum absolute atomic E-state index is 12.7. The molecule has 1 fully saturated rings. The van der Waals surface area contributed by atoms with Gasteiger partial charge in [0.05, 0.1) is 10.6 Å². The topological polar surface area (TPSA) is 66.4 Å². The predicted molar refractivity (Wildman–Crippen MR) is 96.6 cm³/mol. The molecule has 0 amide bonds. The number of rotatable bonds is 5. The fraction of sp³-hybridized carbons (Fsp3) is 0.444. The van der Waals surface area contributed by atoms with Gasteiger partial charge in [-0.2, -0.15) is 4.31 Å². The summed E-state index contributed by atoms with van der Waals surface area (Å²) in [7, 11) is -3.40. The largest absolute Gasteiger partial charge is 0.295 e. The van der Waals surface area contributed by atoms with Crippen molar-refractivity contribution in [2.45, 2.75) is 31.2 Å². The monoisotopic (exact) mass is 360 g/mol. The minimum atomic E-state index is -3.40. The molecule has 0 saturated carbocycles. The van der Waals surface area contributed by atoms with Crippen LogP contribution in [0.3, 0.4) is 0 Å². The highest BCUT2D eigenvalue weighted by molar-refractivity contribution is 7.89. The fourth-order valence-corrected chi connectivity index (χ4v) is 4.32.